The Morgan fingerprint density at radius 3 is 2.80 bits per heavy atom. The smallest absolute Gasteiger partial charge is 0.241 e. The second-order valence-electron chi connectivity index (χ2n) is 3.10. The van der Waals surface area contributed by atoms with Crippen LogP contribution in [0.2, 0.25) is 0 Å². The van der Waals surface area contributed by atoms with Gasteiger partial charge in [0.15, 0.2) is 0 Å². The topological polar surface area (TPSA) is 84.1 Å². The van der Waals surface area contributed by atoms with Gasteiger partial charge in [-0.3, -0.25) is 4.79 Å². The third-order valence-electron chi connectivity index (χ3n) is 2.01. The lowest BCUT2D eigenvalue weighted by Gasteiger charge is -2.14. The van der Waals surface area contributed by atoms with Crippen LogP contribution >= 0.6 is 0 Å². The minimum Gasteiger partial charge on any atom is -0.382 e. The van der Waals surface area contributed by atoms with E-state index in [4.69, 9.17) is 5.73 Å². The molecule has 0 fully saturated rings. The maximum atomic E-state index is 11.4. The molecule has 0 bridgehead atoms. The van der Waals surface area contributed by atoms with Gasteiger partial charge in [-0.25, -0.2) is 0 Å². The molecule has 0 unspecified atom stereocenters. The fourth-order valence-corrected chi connectivity index (χ4v) is 0.914. The number of carbonyl (C=O) groups is 1. The van der Waals surface area contributed by atoms with Gasteiger partial charge in [-0.1, -0.05) is 0 Å². The SMILES string of the molecule is CCN(C)C(=O)CNc1ccc(N)nn1. The molecule has 15 heavy (non-hydrogen) atoms. The van der Waals surface area contributed by atoms with E-state index < -0.39 is 0 Å². The molecule has 1 heterocycles. The van der Waals surface area contributed by atoms with Crippen LogP contribution in [-0.2, 0) is 4.79 Å². The molecule has 0 atom stereocenters. The Bertz CT molecular complexity index is 324. The molecule has 1 amide bonds. The van der Waals surface area contributed by atoms with E-state index in [1.165, 1.54) is 0 Å². The predicted octanol–water partition coefficient (Wildman–Crippen LogP) is -0.0510. The van der Waals surface area contributed by atoms with E-state index in [9.17, 15) is 4.79 Å². The first-order chi connectivity index (χ1) is 7.13. The zero-order valence-corrected chi connectivity index (χ0v) is 8.90. The largest absolute Gasteiger partial charge is 0.382 e. The summed E-state index contributed by atoms with van der Waals surface area (Å²) in [7, 11) is 1.75. The molecule has 6 heteroatoms. The van der Waals surface area contributed by atoms with Gasteiger partial charge in [-0.15, -0.1) is 10.2 Å². The molecule has 82 valence electrons. The number of carbonyl (C=O) groups excluding carboxylic acids is 1. The molecule has 1 aromatic rings. The Morgan fingerprint density at radius 1 is 1.53 bits per heavy atom. The zero-order chi connectivity index (χ0) is 11.3. The molecule has 0 radical (unpaired) electrons. The average Bonchev–Trinajstić information content (AvgIpc) is 2.26. The van der Waals surface area contributed by atoms with E-state index in [1.807, 2.05) is 6.92 Å². The Hall–Kier alpha value is -1.85. The van der Waals surface area contributed by atoms with Crippen molar-refractivity contribution >= 4 is 17.5 Å². The second-order valence-corrected chi connectivity index (χ2v) is 3.10. The highest BCUT2D eigenvalue weighted by atomic mass is 16.2. The normalized spacial score (nSPS) is 9.73. The molecule has 0 aliphatic carbocycles. The van der Waals surface area contributed by atoms with Crippen LogP contribution in [0.25, 0.3) is 0 Å². The number of hydrogen-bond acceptors (Lipinski definition) is 5. The Kier molecular flexibility index (Phi) is 3.84. The summed E-state index contributed by atoms with van der Waals surface area (Å²) in [6.45, 7) is 2.82. The minimum absolute atomic E-state index is 0.0103. The van der Waals surface area contributed by atoms with Crippen molar-refractivity contribution in [1.82, 2.24) is 15.1 Å². The number of likely N-dealkylation sites (N-methyl/N-ethyl adjacent to an activating group) is 1. The Balaban J connectivity index is 2.43. The summed E-state index contributed by atoms with van der Waals surface area (Å²) >= 11 is 0. The first-order valence-corrected chi connectivity index (χ1v) is 4.70. The monoisotopic (exact) mass is 209 g/mol. The number of anilines is 2. The van der Waals surface area contributed by atoms with Crippen LogP contribution in [-0.4, -0.2) is 41.1 Å². The first-order valence-electron chi connectivity index (χ1n) is 4.70. The highest BCUT2D eigenvalue weighted by molar-refractivity contribution is 5.80. The molecule has 3 N–H and O–H groups in total. The number of nitrogens with two attached hydrogens (primary N) is 1. The maximum Gasteiger partial charge on any atom is 0.241 e. The number of nitrogens with zero attached hydrogens (tertiary/aromatic N) is 3. The summed E-state index contributed by atoms with van der Waals surface area (Å²) in [5.41, 5.74) is 5.38. The van der Waals surface area contributed by atoms with Crippen molar-refractivity contribution in [2.45, 2.75) is 6.92 Å². The van der Waals surface area contributed by atoms with Gasteiger partial charge in [-0.2, -0.15) is 0 Å². The van der Waals surface area contributed by atoms with Crippen LogP contribution in [0, 0.1) is 0 Å². The van der Waals surface area contributed by atoms with E-state index in [0.29, 0.717) is 18.2 Å². The molecule has 0 saturated carbocycles. The lowest BCUT2D eigenvalue weighted by Crippen LogP contribution is -2.32. The zero-order valence-electron chi connectivity index (χ0n) is 8.90. The number of amides is 1. The van der Waals surface area contributed by atoms with Gasteiger partial charge in [0.05, 0.1) is 6.54 Å². The lowest BCUT2D eigenvalue weighted by atomic mass is 10.4. The first kappa shape index (κ1) is 11.2. The summed E-state index contributed by atoms with van der Waals surface area (Å²) in [6.07, 6.45) is 0. The van der Waals surface area contributed by atoms with Crippen LogP contribution in [0.15, 0.2) is 12.1 Å². The van der Waals surface area contributed by atoms with Gasteiger partial charge in [0.1, 0.15) is 11.6 Å². The van der Waals surface area contributed by atoms with Crippen molar-refractivity contribution in [3.63, 3.8) is 0 Å². The van der Waals surface area contributed by atoms with Crippen LogP contribution in [0.5, 0.6) is 0 Å². The van der Waals surface area contributed by atoms with Gasteiger partial charge in [0.2, 0.25) is 5.91 Å². The molecule has 0 spiro atoms. The van der Waals surface area contributed by atoms with Crippen molar-refractivity contribution in [2.75, 3.05) is 31.2 Å². The van der Waals surface area contributed by atoms with Crippen molar-refractivity contribution in [2.24, 2.45) is 0 Å². The quantitative estimate of drug-likeness (QED) is 0.726. The average molecular weight is 209 g/mol. The second kappa shape index (κ2) is 5.14. The van der Waals surface area contributed by atoms with E-state index in [2.05, 4.69) is 15.5 Å². The molecule has 6 nitrogen and oxygen atoms in total. The van der Waals surface area contributed by atoms with Crippen LogP contribution in [0.1, 0.15) is 6.92 Å². The fourth-order valence-electron chi connectivity index (χ4n) is 0.914. The van der Waals surface area contributed by atoms with Crippen molar-refractivity contribution in [1.29, 1.82) is 0 Å². The molecular formula is C9H15N5O. The molecule has 1 aromatic heterocycles. The van der Waals surface area contributed by atoms with Gasteiger partial charge < -0.3 is 16.0 Å². The molecule has 0 aliphatic rings. The fraction of sp³-hybridized carbons (Fsp3) is 0.444. The molecule has 0 aromatic carbocycles. The molecule has 0 saturated heterocycles. The molecule has 0 aliphatic heterocycles. The van der Waals surface area contributed by atoms with Crippen molar-refractivity contribution in [3.8, 4) is 0 Å². The third kappa shape index (κ3) is 3.41. The van der Waals surface area contributed by atoms with Gasteiger partial charge >= 0.3 is 0 Å². The highest BCUT2D eigenvalue weighted by Gasteiger charge is 2.05. The predicted molar refractivity (Wildman–Crippen MR) is 58.2 cm³/mol. The third-order valence-corrected chi connectivity index (χ3v) is 2.01. The Morgan fingerprint density at radius 2 is 2.27 bits per heavy atom. The van der Waals surface area contributed by atoms with Crippen molar-refractivity contribution in [3.05, 3.63) is 12.1 Å². The summed E-state index contributed by atoms with van der Waals surface area (Å²) in [5.74, 6) is 0.913. The summed E-state index contributed by atoms with van der Waals surface area (Å²) in [5, 5.41) is 10.3. The summed E-state index contributed by atoms with van der Waals surface area (Å²) < 4.78 is 0. The molecular weight excluding hydrogens is 194 g/mol. The standard InChI is InChI=1S/C9H15N5O/c1-3-14(2)9(15)6-11-8-5-4-7(10)12-13-8/h4-5H,3,6H2,1-2H3,(H2,10,12)(H,11,13). The van der Waals surface area contributed by atoms with E-state index in [-0.39, 0.29) is 12.5 Å². The number of hydrogen-bond donors (Lipinski definition) is 2. The number of nitrogen functional groups attached to an aromatic ring is 1. The summed E-state index contributed by atoms with van der Waals surface area (Å²) in [6, 6.07) is 3.31. The van der Waals surface area contributed by atoms with Gasteiger partial charge in [-0.05, 0) is 19.1 Å². The van der Waals surface area contributed by atoms with E-state index in [0.717, 1.165) is 0 Å². The molecule has 1 rings (SSSR count). The van der Waals surface area contributed by atoms with Crippen LogP contribution in [0.4, 0.5) is 11.6 Å². The van der Waals surface area contributed by atoms with Crippen LogP contribution in [0.3, 0.4) is 0 Å². The van der Waals surface area contributed by atoms with Crippen LogP contribution < -0.4 is 11.1 Å². The summed E-state index contributed by atoms with van der Waals surface area (Å²) in [4.78, 5) is 13.0. The van der Waals surface area contributed by atoms with E-state index >= 15 is 0 Å². The van der Waals surface area contributed by atoms with Crippen molar-refractivity contribution < 1.29 is 4.79 Å². The number of aromatic nitrogens is 2. The lowest BCUT2D eigenvalue weighted by molar-refractivity contribution is -0.127. The minimum atomic E-state index is 0.0103. The van der Waals surface area contributed by atoms with Gasteiger partial charge in [0.25, 0.3) is 0 Å². The maximum absolute atomic E-state index is 11.4. The number of rotatable bonds is 4. The number of nitrogens with one attached hydrogen (secondary N) is 1. The van der Waals surface area contributed by atoms with E-state index in [1.54, 1.807) is 24.1 Å². The highest BCUT2D eigenvalue weighted by Crippen LogP contribution is 2.01. The van der Waals surface area contributed by atoms with Gasteiger partial charge in [0, 0.05) is 13.6 Å². The Labute approximate surface area is 88.5 Å².